The molecule has 11 nitrogen and oxygen atoms in total. The van der Waals surface area contributed by atoms with E-state index in [1.54, 1.807) is 20.8 Å². The normalized spacial score (nSPS) is 12.0. The molecule has 0 spiro atoms. The summed E-state index contributed by atoms with van der Waals surface area (Å²) in [6, 6.07) is 5.27. The lowest BCUT2D eigenvalue weighted by Gasteiger charge is -2.25. The van der Waals surface area contributed by atoms with Gasteiger partial charge >= 0.3 is 18.0 Å². The van der Waals surface area contributed by atoms with Crippen molar-refractivity contribution in [1.29, 1.82) is 0 Å². The maximum atomic E-state index is 13.1. The van der Waals surface area contributed by atoms with Crippen molar-refractivity contribution in [2.75, 3.05) is 14.2 Å². The average molecular weight is 538 g/mol. The molecule has 0 bridgehead atoms. The van der Waals surface area contributed by atoms with E-state index in [2.05, 4.69) is 25.4 Å². The first-order valence-corrected chi connectivity index (χ1v) is 12.6. The van der Waals surface area contributed by atoms with Gasteiger partial charge in [0.15, 0.2) is 0 Å². The molecule has 38 heavy (non-hydrogen) atoms. The van der Waals surface area contributed by atoms with Crippen LogP contribution in [0.3, 0.4) is 0 Å². The van der Waals surface area contributed by atoms with E-state index in [9.17, 15) is 24.0 Å². The van der Waals surface area contributed by atoms with Crippen LogP contribution in [-0.4, -0.2) is 61.8 Å². The number of carbonyl (C=O) groups excluding carboxylic acids is 5. The van der Waals surface area contributed by atoms with Crippen molar-refractivity contribution in [3.05, 3.63) is 35.4 Å². The van der Waals surface area contributed by atoms with Gasteiger partial charge in [-0.2, -0.15) is 0 Å². The maximum absolute atomic E-state index is 13.1. The van der Waals surface area contributed by atoms with E-state index >= 15 is 0 Å². The molecule has 0 saturated heterocycles. The number of hydrogen-bond acceptors (Lipinski definition) is 8. The van der Waals surface area contributed by atoms with Crippen molar-refractivity contribution >= 4 is 29.8 Å². The number of ether oxygens (including phenoxy) is 3. The highest BCUT2D eigenvalue weighted by atomic mass is 16.6. The Morgan fingerprint density at radius 2 is 1.26 bits per heavy atom. The maximum Gasteiger partial charge on any atom is 0.408 e. The number of benzene rings is 1. The number of hydrogen-bond donors (Lipinski definition) is 3. The first kappa shape index (κ1) is 34.4. The van der Waals surface area contributed by atoms with Gasteiger partial charge in [0.25, 0.3) is 0 Å². The molecule has 214 valence electrons. The van der Waals surface area contributed by atoms with Crippen molar-refractivity contribution in [3.8, 4) is 0 Å². The standard InChI is InChI=1S/C25H37N3O8.C2H6/c1-16-7-9-17(10-8-16)15-26-22(31)18(11-13-20(29)34-5)27-23(32)19(12-14-21(30)35-6)28-24(33)36-25(2,3)4;1-2/h7-10,18-19H,11-15H2,1-6H3,(H,26,31)(H,27,32)(H,28,33);1-2H3. The largest absolute Gasteiger partial charge is 0.469 e. The molecular weight excluding hydrogens is 494 g/mol. The van der Waals surface area contributed by atoms with Gasteiger partial charge in [-0.25, -0.2) is 4.79 Å². The van der Waals surface area contributed by atoms with Gasteiger partial charge in [-0.15, -0.1) is 0 Å². The Labute approximate surface area is 225 Å². The van der Waals surface area contributed by atoms with Crippen LogP contribution in [0.25, 0.3) is 0 Å². The second-order valence-corrected chi connectivity index (χ2v) is 9.19. The van der Waals surface area contributed by atoms with Crippen LogP contribution in [0, 0.1) is 6.92 Å². The fourth-order valence-corrected chi connectivity index (χ4v) is 3.01. The van der Waals surface area contributed by atoms with Gasteiger partial charge in [-0.05, 0) is 46.1 Å². The van der Waals surface area contributed by atoms with Gasteiger partial charge in [0.05, 0.1) is 14.2 Å². The van der Waals surface area contributed by atoms with Gasteiger partial charge in [0.2, 0.25) is 11.8 Å². The van der Waals surface area contributed by atoms with E-state index in [4.69, 9.17) is 4.74 Å². The molecule has 0 aromatic heterocycles. The van der Waals surface area contributed by atoms with E-state index in [-0.39, 0.29) is 32.2 Å². The molecule has 0 fully saturated rings. The van der Waals surface area contributed by atoms with E-state index in [1.165, 1.54) is 14.2 Å². The van der Waals surface area contributed by atoms with Crippen LogP contribution in [0.1, 0.15) is 71.4 Å². The van der Waals surface area contributed by atoms with Crippen LogP contribution in [0.5, 0.6) is 0 Å². The molecule has 3 amide bonds. The lowest BCUT2D eigenvalue weighted by molar-refractivity contribution is -0.142. The fraction of sp³-hybridized carbons (Fsp3) is 0.593. The quantitative estimate of drug-likeness (QED) is 0.272. The number of carbonyl (C=O) groups is 5. The van der Waals surface area contributed by atoms with Crippen LogP contribution in [0.15, 0.2) is 24.3 Å². The molecule has 1 aromatic carbocycles. The number of methoxy groups -OCH3 is 2. The highest BCUT2D eigenvalue weighted by Gasteiger charge is 2.29. The van der Waals surface area contributed by atoms with Crippen LogP contribution >= 0.6 is 0 Å². The molecule has 1 aromatic rings. The first-order valence-electron chi connectivity index (χ1n) is 12.6. The SMILES string of the molecule is CC.COC(=O)CCC(NC(=O)OC(C)(C)C)C(=O)NC(CCC(=O)OC)C(=O)NCc1ccc(C)cc1. The Kier molecular flexibility index (Phi) is 16.1. The smallest absolute Gasteiger partial charge is 0.408 e. The molecule has 0 aliphatic heterocycles. The molecule has 1 rings (SSSR count). The second kappa shape index (κ2) is 17.8. The summed E-state index contributed by atoms with van der Waals surface area (Å²) in [5.74, 6) is -2.35. The third-order valence-electron chi connectivity index (χ3n) is 4.96. The van der Waals surface area contributed by atoms with E-state index in [0.717, 1.165) is 11.1 Å². The molecule has 0 saturated carbocycles. The summed E-state index contributed by atoms with van der Waals surface area (Å²) in [5, 5.41) is 7.75. The Bertz CT molecular complexity index is 910. The monoisotopic (exact) mass is 537 g/mol. The van der Waals surface area contributed by atoms with E-state index in [1.807, 2.05) is 45.0 Å². The van der Waals surface area contributed by atoms with Gasteiger partial charge in [-0.1, -0.05) is 43.7 Å². The summed E-state index contributed by atoms with van der Waals surface area (Å²) >= 11 is 0. The van der Waals surface area contributed by atoms with Crippen molar-refractivity contribution in [2.45, 2.75) is 91.5 Å². The van der Waals surface area contributed by atoms with Gasteiger partial charge in [0, 0.05) is 19.4 Å². The number of amides is 3. The number of esters is 2. The highest BCUT2D eigenvalue weighted by Crippen LogP contribution is 2.09. The summed E-state index contributed by atoms with van der Waals surface area (Å²) in [4.78, 5) is 61.5. The zero-order valence-electron chi connectivity index (χ0n) is 23.8. The van der Waals surface area contributed by atoms with Crippen molar-refractivity contribution in [3.63, 3.8) is 0 Å². The van der Waals surface area contributed by atoms with Crippen LogP contribution in [0.2, 0.25) is 0 Å². The highest BCUT2D eigenvalue weighted by molar-refractivity contribution is 5.91. The van der Waals surface area contributed by atoms with Gasteiger partial charge in [0.1, 0.15) is 17.7 Å². The molecule has 3 N–H and O–H groups in total. The Morgan fingerprint density at radius 1 is 0.789 bits per heavy atom. The summed E-state index contributed by atoms with van der Waals surface area (Å²) in [6.07, 6.45) is -1.26. The van der Waals surface area contributed by atoms with Crippen LogP contribution < -0.4 is 16.0 Å². The predicted octanol–water partition coefficient (Wildman–Crippen LogP) is 2.92. The number of aryl methyl sites for hydroxylation is 1. The summed E-state index contributed by atoms with van der Waals surface area (Å²) in [6.45, 7) is 11.2. The molecule has 0 heterocycles. The van der Waals surface area contributed by atoms with Crippen molar-refractivity contribution in [2.24, 2.45) is 0 Å². The third-order valence-corrected chi connectivity index (χ3v) is 4.96. The van der Waals surface area contributed by atoms with E-state index < -0.39 is 47.5 Å². The summed E-state index contributed by atoms with van der Waals surface area (Å²) in [7, 11) is 2.43. The van der Waals surface area contributed by atoms with Crippen LogP contribution in [-0.2, 0) is 39.9 Å². The minimum atomic E-state index is -1.19. The van der Waals surface area contributed by atoms with Crippen LogP contribution in [0.4, 0.5) is 4.79 Å². The lowest BCUT2D eigenvalue weighted by atomic mass is 10.1. The molecule has 11 heteroatoms. The number of alkyl carbamates (subject to hydrolysis) is 1. The first-order chi connectivity index (χ1) is 17.8. The molecule has 0 aliphatic rings. The van der Waals surface area contributed by atoms with Crippen molar-refractivity contribution < 1.29 is 38.2 Å². The zero-order chi connectivity index (χ0) is 29.3. The van der Waals surface area contributed by atoms with Gasteiger partial charge in [-0.3, -0.25) is 19.2 Å². The second-order valence-electron chi connectivity index (χ2n) is 9.19. The summed E-state index contributed by atoms with van der Waals surface area (Å²) < 4.78 is 14.5. The Balaban J connectivity index is 0.00000667. The minimum absolute atomic E-state index is 0.0334. The molecule has 0 aliphatic carbocycles. The molecule has 2 atom stereocenters. The molecule has 2 unspecified atom stereocenters. The molecule has 0 radical (unpaired) electrons. The Morgan fingerprint density at radius 3 is 1.71 bits per heavy atom. The minimum Gasteiger partial charge on any atom is -0.469 e. The molecular formula is C27H43N3O8. The Hall–Kier alpha value is -3.63. The topological polar surface area (TPSA) is 149 Å². The number of rotatable bonds is 12. The fourth-order valence-electron chi connectivity index (χ4n) is 3.01. The zero-order valence-corrected chi connectivity index (χ0v) is 23.8. The van der Waals surface area contributed by atoms with Crippen molar-refractivity contribution in [1.82, 2.24) is 16.0 Å². The lowest BCUT2D eigenvalue weighted by Crippen LogP contribution is -2.54. The number of nitrogens with one attached hydrogen (secondary N) is 3. The summed E-state index contributed by atoms with van der Waals surface area (Å²) in [5.41, 5.74) is 1.12. The van der Waals surface area contributed by atoms with Gasteiger partial charge < -0.3 is 30.2 Å². The average Bonchev–Trinajstić information content (AvgIpc) is 2.87. The van der Waals surface area contributed by atoms with E-state index in [0.29, 0.717) is 0 Å². The predicted molar refractivity (Wildman–Crippen MR) is 142 cm³/mol. The third kappa shape index (κ3) is 14.8.